The maximum absolute atomic E-state index is 5.57. The average Bonchev–Trinajstić information content (AvgIpc) is 1.65. The molecule has 0 aromatic heterocycles. The van der Waals surface area contributed by atoms with Crippen LogP contribution in [0.2, 0.25) is 0 Å². The Bertz CT molecular complexity index is 61.1. The quantitative estimate of drug-likeness (QED) is 0.474. The summed E-state index contributed by atoms with van der Waals surface area (Å²) in [5.74, 6) is 0. The molecular weight excluding hydrogens is 88.1 g/mol. The second-order valence-electron chi connectivity index (χ2n) is 2.09. The maximum Gasteiger partial charge on any atom is 0.0321 e. The van der Waals surface area contributed by atoms with Gasteiger partial charge in [0.1, 0.15) is 0 Å². The van der Waals surface area contributed by atoms with Crippen LogP contribution in [0.25, 0.3) is 0 Å². The summed E-state index contributed by atoms with van der Waals surface area (Å²) in [6.07, 6.45) is 1.17. The first kappa shape index (κ1) is 5.06. The predicted molar refractivity (Wildman–Crippen MR) is 30.1 cm³/mol. The molecule has 1 saturated heterocycles. The molecule has 0 saturated carbocycles. The van der Waals surface area contributed by atoms with Gasteiger partial charge in [-0.3, -0.25) is 0 Å². The third-order valence-electron chi connectivity index (χ3n) is 1.57. The molecule has 1 rings (SSSR count). The third-order valence-corrected chi connectivity index (χ3v) is 1.57. The van der Waals surface area contributed by atoms with Crippen LogP contribution >= 0.6 is 0 Å². The lowest BCUT2D eigenvalue weighted by molar-refractivity contribution is 0.304. The fourth-order valence-corrected chi connectivity index (χ4v) is 0.868. The Labute approximate surface area is 44.1 Å². The molecular formula is C5H12N2. The van der Waals surface area contributed by atoms with Gasteiger partial charge in [0, 0.05) is 18.6 Å². The summed E-state index contributed by atoms with van der Waals surface area (Å²) in [4.78, 5) is 0. The van der Waals surface area contributed by atoms with Gasteiger partial charge < -0.3 is 11.1 Å². The van der Waals surface area contributed by atoms with Gasteiger partial charge in [-0.1, -0.05) is 6.92 Å². The Morgan fingerprint density at radius 1 is 1.86 bits per heavy atom. The molecule has 1 aliphatic heterocycles. The van der Waals surface area contributed by atoms with Gasteiger partial charge in [0.25, 0.3) is 0 Å². The molecule has 2 heteroatoms. The standard InChI is InChI=1S/C5H12N2/c1-2-5-4(6)3-7-5/h4-5,7H,2-3,6H2,1H3/t4-,5+/m1/s1. The molecule has 0 bridgehead atoms. The molecule has 7 heavy (non-hydrogen) atoms. The van der Waals surface area contributed by atoms with Crippen LogP contribution in [-0.4, -0.2) is 18.6 Å². The van der Waals surface area contributed by atoms with Crippen LogP contribution in [-0.2, 0) is 0 Å². The summed E-state index contributed by atoms with van der Waals surface area (Å²) in [7, 11) is 0. The molecule has 0 spiro atoms. The van der Waals surface area contributed by atoms with Crippen molar-refractivity contribution in [1.82, 2.24) is 5.32 Å². The van der Waals surface area contributed by atoms with Gasteiger partial charge in [0.15, 0.2) is 0 Å². The summed E-state index contributed by atoms with van der Waals surface area (Å²) in [6.45, 7) is 3.16. The molecule has 0 amide bonds. The summed E-state index contributed by atoms with van der Waals surface area (Å²) in [5, 5.41) is 3.22. The lowest BCUT2D eigenvalue weighted by Crippen LogP contribution is -2.61. The molecule has 1 heterocycles. The van der Waals surface area contributed by atoms with Crippen molar-refractivity contribution in [1.29, 1.82) is 0 Å². The lowest BCUT2D eigenvalue weighted by atomic mass is 9.99. The molecule has 2 atom stereocenters. The van der Waals surface area contributed by atoms with Crippen LogP contribution < -0.4 is 11.1 Å². The van der Waals surface area contributed by atoms with Crippen molar-refractivity contribution in [3.8, 4) is 0 Å². The van der Waals surface area contributed by atoms with Gasteiger partial charge >= 0.3 is 0 Å². The van der Waals surface area contributed by atoms with Crippen molar-refractivity contribution < 1.29 is 0 Å². The Morgan fingerprint density at radius 2 is 2.57 bits per heavy atom. The molecule has 0 aliphatic carbocycles. The third kappa shape index (κ3) is 0.763. The summed E-state index contributed by atoms with van der Waals surface area (Å²) in [6, 6.07) is 1.05. The van der Waals surface area contributed by atoms with E-state index in [1.54, 1.807) is 0 Å². The number of rotatable bonds is 1. The van der Waals surface area contributed by atoms with E-state index in [9.17, 15) is 0 Å². The first-order valence-electron chi connectivity index (χ1n) is 2.83. The summed E-state index contributed by atoms with van der Waals surface area (Å²) in [5.41, 5.74) is 5.57. The number of nitrogens with one attached hydrogen (secondary N) is 1. The monoisotopic (exact) mass is 100 g/mol. The van der Waals surface area contributed by atoms with Gasteiger partial charge in [0.05, 0.1) is 0 Å². The first-order valence-corrected chi connectivity index (χ1v) is 2.83. The second kappa shape index (κ2) is 1.80. The minimum atomic E-state index is 0.435. The van der Waals surface area contributed by atoms with Gasteiger partial charge in [-0.2, -0.15) is 0 Å². The van der Waals surface area contributed by atoms with E-state index in [0.29, 0.717) is 12.1 Å². The van der Waals surface area contributed by atoms with E-state index in [0.717, 1.165) is 6.54 Å². The largest absolute Gasteiger partial charge is 0.325 e. The fraction of sp³-hybridized carbons (Fsp3) is 1.00. The molecule has 3 N–H and O–H groups in total. The highest BCUT2D eigenvalue weighted by Gasteiger charge is 2.23. The van der Waals surface area contributed by atoms with E-state index >= 15 is 0 Å². The molecule has 1 fully saturated rings. The van der Waals surface area contributed by atoms with Crippen molar-refractivity contribution in [3.63, 3.8) is 0 Å². The first-order chi connectivity index (χ1) is 3.34. The van der Waals surface area contributed by atoms with Gasteiger partial charge in [-0.15, -0.1) is 0 Å². The van der Waals surface area contributed by atoms with Crippen LogP contribution in [0.5, 0.6) is 0 Å². The molecule has 42 valence electrons. The Balaban J connectivity index is 2.16. The number of hydrogen-bond acceptors (Lipinski definition) is 2. The van der Waals surface area contributed by atoms with Crippen molar-refractivity contribution in [2.45, 2.75) is 25.4 Å². The SMILES string of the molecule is CC[C@@H]1NC[C@H]1N. The highest BCUT2D eigenvalue weighted by molar-refractivity contribution is 4.89. The topological polar surface area (TPSA) is 38.0 Å². The zero-order valence-corrected chi connectivity index (χ0v) is 4.65. The van der Waals surface area contributed by atoms with Crippen LogP contribution in [0, 0.1) is 0 Å². The van der Waals surface area contributed by atoms with Gasteiger partial charge in [-0.05, 0) is 6.42 Å². The van der Waals surface area contributed by atoms with E-state index in [1.165, 1.54) is 6.42 Å². The normalized spacial score (nSPS) is 40.3. The second-order valence-corrected chi connectivity index (χ2v) is 2.09. The summed E-state index contributed by atoms with van der Waals surface area (Å²) < 4.78 is 0. The fourth-order valence-electron chi connectivity index (χ4n) is 0.868. The maximum atomic E-state index is 5.57. The summed E-state index contributed by atoms with van der Waals surface area (Å²) >= 11 is 0. The van der Waals surface area contributed by atoms with E-state index in [-0.39, 0.29) is 0 Å². The molecule has 0 aromatic carbocycles. The highest BCUT2D eigenvalue weighted by atomic mass is 15.1. The van der Waals surface area contributed by atoms with Crippen molar-refractivity contribution >= 4 is 0 Å². The lowest BCUT2D eigenvalue weighted by Gasteiger charge is -2.34. The van der Waals surface area contributed by atoms with Crippen LogP contribution in [0.15, 0.2) is 0 Å². The molecule has 2 nitrogen and oxygen atoms in total. The van der Waals surface area contributed by atoms with Crippen LogP contribution in [0.1, 0.15) is 13.3 Å². The minimum Gasteiger partial charge on any atom is -0.325 e. The van der Waals surface area contributed by atoms with Crippen molar-refractivity contribution in [3.05, 3.63) is 0 Å². The van der Waals surface area contributed by atoms with Crippen molar-refractivity contribution in [2.75, 3.05) is 6.54 Å². The number of hydrogen-bond donors (Lipinski definition) is 2. The average molecular weight is 100 g/mol. The van der Waals surface area contributed by atoms with Gasteiger partial charge in [0.2, 0.25) is 0 Å². The molecule has 0 aromatic rings. The van der Waals surface area contributed by atoms with E-state index in [4.69, 9.17) is 5.73 Å². The smallest absolute Gasteiger partial charge is 0.0321 e. The van der Waals surface area contributed by atoms with Crippen molar-refractivity contribution in [2.24, 2.45) is 5.73 Å². The molecule has 1 aliphatic rings. The van der Waals surface area contributed by atoms with Gasteiger partial charge in [-0.25, -0.2) is 0 Å². The molecule has 0 unspecified atom stereocenters. The van der Waals surface area contributed by atoms with E-state index in [1.807, 2.05) is 0 Å². The van der Waals surface area contributed by atoms with Crippen LogP contribution in [0.4, 0.5) is 0 Å². The zero-order chi connectivity index (χ0) is 5.28. The number of nitrogens with two attached hydrogens (primary N) is 1. The minimum absolute atomic E-state index is 0.435. The highest BCUT2D eigenvalue weighted by Crippen LogP contribution is 2.03. The van der Waals surface area contributed by atoms with E-state index < -0.39 is 0 Å². The Kier molecular flexibility index (Phi) is 1.30. The van der Waals surface area contributed by atoms with E-state index in [2.05, 4.69) is 12.2 Å². The predicted octanol–water partition coefficient (Wildman–Crippen LogP) is -0.305. The Hall–Kier alpha value is -0.0800. The zero-order valence-electron chi connectivity index (χ0n) is 4.65. The molecule has 0 radical (unpaired) electrons. The van der Waals surface area contributed by atoms with Crippen LogP contribution in [0.3, 0.4) is 0 Å². The Morgan fingerprint density at radius 3 is 2.57 bits per heavy atom.